The molecule has 2 rings (SSSR count). The van der Waals surface area contributed by atoms with Crippen LogP contribution in [0.4, 0.5) is 10.7 Å². The van der Waals surface area contributed by atoms with Gasteiger partial charge in [0.05, 0.1) is 12.2 Å². The third kappa shape index (κ3) is 3.41. The van der Waals surface area contributed by atoms with E-state index in [4.69, 9.17) is 10.5 Å². The minimum absolute atomic E-state index is 0.0344. The van der Waals surface area contributed by atoms with Gasteiger partial charge in [-0.1, -0.05) is 0 Å². The largest absolute Gasteiger partial charge is 0.486 e. The number of aliphatic hydroxyl groups excluding tert-OH is 1. The number of carbonyl (C=O) groups excluding carboxylic acids is 1. The molecule has 2 heterocycles. The van der Waals surface area contributed by atoms with Gasteiger partial charge in [0, 0.05) is 20.1 Å². The number of nitrogens with one attached hydrogen (secondary N) is 1. The van der Waals surface area contributed by atoms with Crippen LogP contribution in [0.3, 0.4) is 0 Å². The molecule has 1 amide bonds. The predicted octanol–water partition coefficient (Wildman–Crippen LogP) is 1.44. The first kappa shape index (κ1) is 15.9. The summed E-state index contributed by atoms with van der Waals surface area (Å²) in [6, 6.07) is 0. The van der Waals surface area contributed by atoms with E-state index in [0.717, 1.165) is 24.4 Å². The molecular formula is C14H23N3O3S. The van der Waals surface area contributed by atoms with Crippen molar-refractivity contribution >= 4 is 27.9 Å². The summed E-state index contributed by atoms with van der Waals surface area (Å²) in [5.41, 5.74) is 6.48. The van der Waals surface area contributed by atoms with Crippen molar-refractivity contribution in [1.82, 2.24) is 5.32 Å². The first-order valence-electron chi connectivity index (χ1n) is 7.18. The molecule has 0 spiro atoms. The minimum atomic E-state index is -0.350. The molecule has 1 aliphatic heterocycles. The summed E-state index contributed by atoms with van der Waals surface area (Å²) in [6.45, 7) is 5.22. The lowest BCUT2D eigenvalue weighted by Gasteiger charge is -2.31. The summed E-state index contributed by atoms with van der Waals surface area (Å²) in [7, 11) is 1.58. The van der Waals surface area contributed by atoms with Gasteiger partial charge in [0.25, 0.3) is 5.91 Å². The van der Waals surface area contributed by atoms with E-state index in [2.05, 4.69) is 10.2 Å². The Balaban J connectivity index is 2.39. The molecule has 21 heavy (non-hydrogen) atoms. The molecule has 0 bridgehead atoms. The second kappa shape index (κ2) is 6.53. The number of carbonyl (C=O) groups is 1. The Morgan fingerprint density at radius 3 is 2.86 bits per heavy atom. The van der Waals surface area contributed by atoms with Gasteiger partial charge in [0.15, 0.2) is 5.75 Å². The molecule has 1 atom stereocenters. The number of nitrogens with zero attached hydrogens (tertiary/aromatic N) is 1. The van der Waals surface area contributed by atoms with Crippen LogP contribution < -0.4 is 20.7 Å². The first-order valence-corrected chi connectivity index (χ1v) is 7.99. The Morgan fingerprint density at radius 1 is 1.57 bits per heavy atom. The van der Waals surface area contributed by atoms with Crippen LogP contribution in [-0.4, -0.2) is 43.4 Å². The van der Waals surface area contributed by atoms with Gasteiger partial charge in [-0.25, -0.2) is 0 Å². The van der Waals surface area contributed by atoms with Crippen molar-refractivity contribution in [2.24, 2.45) is 0 Å². The molecule has 0 aliphatic carbocycles. The molecule has 1 aromatic rings. The average Bonchev–Trinajstić information content (AvgIpc) is 2.75. The Kier molecular flexibility index (Phi) is 4.95. The number of rotatable bonds is 4. The fourth-order valence-corrected chi connectivity index (χ4v) is 3.53. The lowest BCUT2D eigenvalue weighted by molar-refractivity contribution is 0.0967. The van der Waals surface area contributed by atoms with Crippen molar-refractivity contribution in [3.63, 3.8) is 0 Å². The number of nitrogens with two attached hydrogens (primary N) is 1. The maximum Gasteiger partial charge on any atom is 0.263 e. The quantitative estimate of drug-likeness (QED) is 0.783. The van der Waals surface area contributed by atoms with Gasteiger partial charge in [-0.3, -0.25) is 4.79 Å². The highest BCUT2D eigenvalue weighted by Gasteiger charge is 2.28. The summed E-state index contributed by atoms with van der Waals surface area (Å²) in [5.74, 6) is 0.345. The van der Waals surface area contributed by atoms with Gasteiger partial charge >= 0.3 is 0 Å². The molecule has 4 N–H and O–H groups in total. The number of β-amino-alcohol motifs (C(OH)–C–C–N with tert-alkyl or cyclic N) is 1. The summed E-state index contributed by atoms with van der Waals surface area (Å²) < 4.78 is 5.82. The summed E-state index contributed by atoms with van der Waals surface area (Å²) in [5, 5.41) is 13.3. The second-order valence-electron chi connectivity index (χ2n) is 5.47. The molecule has 1 saturated heterocycles. The first-order chi connectivity index (χ1) is 9.93. The van der Waals surface area contributed by atoms with E-state index in [-0.39, 0.29) is 18.1 Å². The molecule has 1 fully saturated rings. The van der Waals surface area contributed by atoms with Crippen molar-refractivity contribution in [1.29, 1.82) is 0 Å². The molecule has 118 valence electrons. The number of hydrogen-bond acceptors (Lipinski definition) is 6. The Hall–Kier alpha value is -1.47. The number of nitrogen functional groups attached to an aromatic ring is 1. The summed E-state index contributed by atoms with van der Waals surface area (Å²) >= 11 is 1.32. The predicted molar refractivity (Wildman–Crippen MR) is 85.3 cm³/mol. The van der Waals surface area contributed by atoms with Crippen LogP contribution in [0, 0.1) is 0 Å². The number of ether oxygens (including phenoxy) is 1. The molecule has 6 nitrogen and oxygen atoms in total. The molecule has 0 saturated carbocycles. The number of anilines is 2. The highest BCUT2D eigenvalue weighted by molar-refractivity contribution is 7.19. The van der Waals surface area contributed by atoms with E-state index in [1.165, 1.54) is 11.3 Å². The summed E-state index contributed by atoms with van der Waals surface area (Å²) in [6.07, 6.45) is 1.33. The van der Waals surface area contributed by atoms with Gasteiger partial charge in [0.2, 0.25) is 0 Å². The topological polar surface area (TPSA) is 87.8 Å². The van der Waals surface area contributed by atoms with Crippen LogP contribution in [0.1, 0.15) is 36.4 Å². The fourth-order valence-electron chi connectivity index (χ4n) is 2.40. The minimum Gasteiger partial charge on any atom is -0.486 e. The molecular weight excluding hydrogens is 290 g/mol. The van der Waals surface area contributed by atoms with Crippen LogP contribution in [0.5, 0.6) is 5.75 Å². The SMILES string of the molecule is CNC(=O)c1sc(N2CCCC(O)C2)c(OC(C)C)c1N. The van der Waals surface area contributed by atoms with Gasteiger partial charge in [-0.05, 0) is 26.7 Å². The highest BCUT2D eigenvalue weighted by atomic mass is 32.1. The Morgan fingerprint density at radius 2 is 2.29 bits per heavy atom. The van der Waals surface area contributed by atoms with Crippen LogP contribution in [0.25, 0.3) is 0 Å². The monoisotopic (exact) mass is 313 g/mol. The Bertz CT molecular complexity index is 516. The maximum absolute atomic E-state index is 11.9. The number of aliphatic hydroxyl groups is 1. The molecule has 0 aromatic carbocycles. The third-order valence-corrected chi connectivity index (χ3v) is 4.60. The second-order valence-corrected chi connectivity index (χ2v) is 6.47. The van der Waals surface area contributed by atoms with Crippen LogP contribution in [0.2, 0.25) is 0 Å². The van der Waals surface area contributed by atoms with Gasteiger partial charge < -0.3 is 25.8 Å². The van der Waals surface area contributed by atoms with E-state index in [1.54, 1.807) is 7.05 Å². The molecule has 0 radical (unpaired) electrons. The van der Waals surface area contributed by atoms with Gasteiger partial charge in [0.1, 0.15) is 15.6 Å². The molecule has 7 heteroatoms. The number of hydrogen-bond donors (Lipinski definition) is 3. The zero-order chi connectivity index (χ0) is 15.6. The van der Waals surface area contributed by atoms with E-state index < -0.39 is 0 Å². The van der Waals surface area contributed by atoms with Crippen molar-refractivity contribution < 1.29 is 14.6 Å². The van der Waals surface area contributed by atoms with Crippen LogP contribution in [0.15, 0.2) is 0 Å². The van der Waals surface area contributed by atoms with Gasteiger partial charge in [-0.15, -0.1) is 11.3 Å². The molecule has 1 unspecified atom stereocenters. The van der Waals surface area contributed by atoms with E-state index >= 15 is 0 Å². The van der Waals surface area contributed by atoms with Crippen molar-refractivity contribution in [3.05, 3.63) is 4.88 Å². The fraction of sp³-hybridized carbons (Fsp3) is 0.643. The van der Waals surface area contributed by atoms with E-state index in [0.29, 0.717) is 22.9 Å². The van der Waals surface area contributed by atoms with Gasteiger partial charge in [-0.2, -0.15) is 0 Å². The van der Waals surface area contributed by atoms with Crippen molar-refractivity contribution in [3.8, 4) is 5.75 Å². The lowest BCUT2D eigenvalue weighted by atomic mass is 10.1. The number of piperidine rings is 1. The molecule has 1 aliphatic rings. The average molecular weight is 313 g/mol. The standard InChI is InChI=1S/C14H23N3O3S/c1-8(2)20-11-10(15)12(13(19)16-3)21-14(11)17-6-4-5-9(18)7-17/h8-9,18H,4-7,15H2,1-3H3,(H,16,19). The normalized spacial score (nSPS) is 18.9. The lowest BCUT2D eigenvalue weighted by Crippen LogP contribution is -2.38. The van der Waals surface area contributed by atoms with Crippen LogP contribution >= 0.6 is 11.3 Å². The highest BCUT2D eigenvalue weighted by Crippen LogP contribution is 2.46. The van der Waals surface area contributed by atoms with Crippen molar-refractivity contribution in [2.45, 2.75) is 38.9 Å². The zero-order valence-corrected chi connectivity index (χ0v) is 13.5. The molecule has 1 aromatic heterocycles. The van der Waals surface area contributed by atoms with Crippen LogP contribution in [-0.2, 0) is 0 Å². The van der Waals surface area contributed by atoms with Crippen molar-refractivity contribution in [2.75, 3.05) is 30.8 Å². The number of amides is 1. The maximum atomic E-state index is 11.9. The Labute approximate surface area is 128 Å². The summed E-state index contributed by atoms with van der Waals surface area (Å²) in [4.78, 5) is 14.4. The third-order valence-electron chi connectivity index (χ3n) is 3.35. The van der Waals surface area contributed by atoms with E-state index in [1.807, 2.05) is 13.8 Å². The van der Waals surface area contributed by atoms with E-state index in [9.17, 15) is 9.90 Å². The zero-order valence-electron chi connectivity index (χ0n) is 12.7. The smallest absolute Gasteiger partial charge is 0.263 e. The number of thiophene rings is 1.